The number of nitrogens with zero attached hydrogens (tertiary/aromatic N) is 4. The number of aryl methyl sites for hydroxylation is 1. The Balaban J connectivity index is 1.36. The smallest absolute Gasteiger partial charge is 0.226 e. The molecule has 8 nitrogen and oxygen atoms in total. The van der Waals surface area contributed by atoms with Crippen LogP contribution in [0.2, 0.25) is 5.02 Å². The van der Waals surface area contributed by atoms with E-state index in [1.807, 2.05) is 27.9 Å². The van der Waals surface area contributed by atoms with Gasteiger partial charge in [-0.05, 0) is 43.4 Å². The van der Waals surface area contributed by atoms with E-state index in [1.165, 1.54) is 0 Å². The number of aromatic nitrogens is 3. The zero-order valence-electron chi connectivity index (χ0n) is 18.3. The van der Waals surface area contributed by atoms with E-state index < -0.39 is 5.41 Å². The summed E-state index contributed by atoms with van der Waals surface area (Å²) in [4.78, 5) is 27.8. The third-order valence-corrected chi connectivity index (χ3v) is 6.74. The van der Waals surface area contributed by atoms with Crippen LogP contribution in [0.3, 0.4) is 0 Å². The van der Waals surface area contributed by atoms with Crippen molar-refractivity contribution in [2.45, 2.75) is 51.7 Å². The predicted molar refractivity (Wildman–Crippen MR) is 120 cm³/mol. The first kappa shape index (κ1) is 22.7. The lowest BCUT2D eigenvalue weighted by Gasteiger charge is -2.41. The highest BCUT2D eigenvalue weighted by atomic mass is 35.5. The summed E-state index contributed by atoms with van der Waals surface area (Å²) in [6, 6.07) is 7.38. The van der Waals surface area contributed by atoms with Gasteiger partial charge in [0.2, 0.25) is 11.8 Å². The Morgan fingerprint density at radius 3 is 2.69 bits per heavy atom. The maximum Gasteiger partial charge on any atom is 0.226 e. The van der Waals surface area contributed by atoms with E-state index >= 15 is 0 Å². The van der Waals surface area contributed by atoms with Gasteiger partial charge in [-0.2, -0.15) is 0 Å². The van der Waals surface area contributed by atoms with Gasteiger partial charge in [0.05, 0.1) is 31.2 Å². The number of piperidine rings is 1. The van der Waals surface area contributed by atoms with Gasteiger partial charge in [-0.3, -0.25) is 14.3 Å². The fourth-order valence-electron chi connectivity index (χ4n) is 4.52. The molecule has 0 atom stereocenters. The standard InChI is InChI=1S/C23H30ClN5O3/c24-19-5-3-18(4-6-19)15-21(30)28-12-8-23(9-13-28)7-1-2-11-29-16-20(26-27-29)17-32-14-10-25-22(23)31/h3-6,16H,1-2,7-15,17H2,(H,25,31). The Bertz CT molecular complexity index is 922. The lowest BCUT2D eigenvalue weighted by Crippen LogP contribution is -2.51. The van der Waals surface area contributed by atoms with Crippen LogP contribution in [0.1, 0.15) is 43.4 Å². The molecule has 9 heteroatoms. The molecule has 1 spiro atoms. The lowest BCUT2D eigenvalue weighted by atomic mass is 9.73. The second-order valence-electron chi connectivity index (χ2n) is 8.70. The van der Waals surface area contributed by atoms with Crippen molar-refractivity contribution in [3.05, 3.63) is 46.7 Å². The van der Waals surface area contributed by atoms with Crippen LogP contribution in [0.4, 0.5) is 0 Å². The van der Waals surface area contributed by atoms with Crippen LogP contribution in [0.25, 0.3) is 0 Å². The minimum atomic E-state index is -0.436. The Labute approximate surface area is 193 Å². The molecule has 3 heterocycles. The minimum Gasteiger partial charge on any atom is -0.373 e. The molecule has 4 rings (SSSR count). The minimum absolute atomic E-state index is 0.0832. The Morgan fingerprint density at radius 2 is 1.91 bits per heavy atom. The summed E-state index contributed by atoms with van der Waals surface area (Å²) < 4.78 is 7.46. The highest BCUT2D eigenvalue weighted by molar-refractivity contribution is 6.30. The van der Waals surface area contributed by atoms with E-state index in [0.717, 1.165) is 37.1 Å². The molecule has 1 aromatic carbocycles. The molecule has 1 fully saturated rings. The molecule has 0 aliphatic carbocycles. The number of likely N-dealkylation sites (tertiary alicyclic amines) is 1. The van der Waals surface area contributed by atoms with E-state index in [0.29, 0.717) is 57.1 Å². The summed E-state index contributed by atoms with van der Waals surface area (Å²) in [5.74, 6) is 0.179. The maximum absolute atomic E-state index is 13.2. The van der Waals surface area contributed by atoms with Crippen molar-refractivity contribution in [1.82, 2.24) is 25.2 Å². The van der Waals surface area contributed by atoms with Crippen molar-refractivity contribution < 1.29 is 14.3 Å². The third-order valence-electron chi connectivity index (χ3n) is 6.48. The molecule has 2 amide bonds. The number of nitrogens with one attached hydrogen (secondary N) is 1. The first-order valence-electron chi connectivity index (χ1n) is 11.3. The van der Waals surface area contributed by atoms with Gasteiger partial charge in [0.15, 0.2) is 0 Å². The van der Waals surface area contributed by atoms with Crippen LogP contribution in [0, 0.1) is 5.41 Å². The normalized spacial score (nSPS) is 19.9. The van der Waals surface area contributed by atoms with E-state index in [9.17, 15) is 9.59 Å². The average molecular weight is 460 g/mol. The molecular formula is C23H30ClN5O3. The lowest BCUT2D eigenvalue weighted by molar-refractivity contribution is -0.141. The van der Waals surface area contributed by atoms with Gasteiger partial charge >= 0.3 is 0 Å². The van der Waals surface area contributed by atoms with Crippen molar-refractivity contribution in [3.8, 4) is 0 Å². The fraction of sp³-hybridized carbons (Fsp3) is 0.565. The van der Waals surface area contributed by atoms with Crippen molar-refractivity contribution in [2.24, 2.45) is 5.41 Å². The summed E-state index contributed by atoms with van der Waals surface area (Å²) in [6.45, 7) is 3.27. The molecule has 1 N–H and O–H groups in total. The number of ether oxygens (including phenoxy) is 1. The topological polar surface area (TPSA) is 89.3 Å². The summed E-state index contributed by atoms with van der Waals surface area (Å²) >= 11 is 5.94. The monoisotopic (exact) mass is 459 g/mol. The SMILES string of the molecule is O=C(Cc1ccc(Cl)cc1)N1CCC2(CCCCn3cc(nn3)COCCNC2=O)CC1. The van der Waals surface area contributed by atoms with Crippen molar-refractivity contribution >= 4 is 23.4 Å². The molecule has 2 aliphatic heterocycles. The van der Waals surface area contributed by atoms with Crippen LogP contribution < -0.4 is 5.32 Å². The molecule has 1 saturated heterocycles. The summed E-state index contributed by atoms with van der Waals surface area (Å²) in [7, 11) is 0. The number of rotatable bonds is 2. The number of carbonyl (C=O) groups excluding carboxylic acids is 2. The highest BCUT2D eigenvalue weighted by Crippen LogP contribution is 2.37. The average Bonchev–Trinajstić information content (AvgIpc) is 3.25. The molecule has 2 aliphatic rings. The number of amides is 2. The molecule has 1 aromatic heterocycles. The van der Waals surface area contributed by atoms with Crippen molar-refractivity contribution in [1.29, 1.82) is 0 Å². The van der Waals surface area contributed by atoms with Gasteiger partial charge in [-0.15, -0.1) is 5.10 Å². The molecule has 2 bridgehead atoms. The quantitative estimate of drug-likeness (QED) is 0.745. The highest BCUT2D eigenvalue weighted by Gasteiger charge is 2.41. The number of hydrogen-bond acceptors (Lipinski definition) is 5. The first-order valence-corrected chi connectivity index (χ1v) is 11.7. The van der Waals surface area contributed by atoms with Crippen molar-refractivity contribution in [2.75, 3.05) is 26.2 Å². The van der Waals surface area contributed by atoms with Crippen LogP contribution in [-0.2, 0) is 33.9 Å². The summed E-state index contributed by atoms with van der Waals surface area (Å²) in [5.41, 5.74) is 1.32. The van der Waals surface area contributed by atoms with Gasteiger partial charge in [-0.1, -0.05) is 35.4 Å². The first-order chi connectivity index (χ1) is 15.5. The largest absolute Gasteiger partial charge is 0.373 e. The summed E-state index contributed by atoms with van der Waals surface area (Å²) in [6.07, 6.45) is 6.30. The molecule has 0 saturated carbocycles. The van der Waals surface area contributed by atoms with Gasteiger partial charge in [0.1, 0.15) is 5.69 Å². The maximum atomic E-state index is 13.2. The van der Waals surface area contributed by atoms with Gasteiger partial charge in [0, 0.05) is 31.2 Å². The number of carbonyl (C=O) groups is 2. The van der Waals surface area contributed by atoms with Crippen LogP contribution in [0.15, 0.2) is 30.5 Å². The Hall–Kier alpha value is -2.45. The number of fused-ring (bicyclic) bond motifs is 2. The summed E-state index contributed by atoms with van der Waals surface area (Å²) in [5, 5.41) is 12.0. The Morgan fingerprint density at radius 1 is 1.12 bits per heavy atom. The Kier molecular flexibility index (Phi) is 7.42. The van der Waals surface area contributed by atoms with Gasteiger partial charge < -0.3 is 15.0 Å². The van der Waals surface area contributed by atoms with E-state index in [-0.39, 0.29) is 11.8 Å². The van der Waals surface area contributed by atoms with E-state index in [4.69, 9.17) is 16.3 Å². The van der Waals surface area contributed by atoms with E-state index in [2.05, 4.69) is 15.6 Å². The number of benzene rings is 1. The van der Waals surface area contributed by atoms with Crippen molar-refractivity contribution in [3.63, 3.8) is 0 Å². The third kappa shape index (κ3) is 5.66. The van der Waals surface area contributed by atoms with Gasteiger partial charge in [0.25, 0.3) is 0 Å². The molecule has 0 unspecified atom stereocenters. The molecule has 172 valence electrons. The number of hydrogen-bond donors (Lipinski definition) is 1. The van der Waals surface area contributed by atoms with E-state index in [1.54, 1.807) is 12.1 Å². The van der Waals surface area contributed by atoms with Gasteiger partial charge in [-0.25, -0.2) is 0 Å². The second kappa shape index (κ2) is 10.4. The van der Waals surface area contributed by atoms with Crippen LogP contribution >= 0.6 is 11.6 Å². The zero-order valence-corrected chi connectivity index (χ0v) is 19.0. The molecule has 2 aromatic rings. The zero-order chi connectivity index (χ0) is 22.4. The van der Waals surface area contributed by atoms with Crippen LogP contribution in [0.5, 0.6) is 0 Å². The number of halogens is 1. The predicted octanol–water partition coefficient (Wildman–Crippen LogP) is 2.60. The van der Waals surface area contributed by atoms with Crippen LogP contribution in [-0.4, -0.2) is 57.9 Å². The molecular weight excluding hydrogens is 430 g/mol. The fourth-order valence-corrected chi connectivity index (χ4v) is 4.64. The molecule has 32 heavy (non-hydrogen) atoms. The second-order valence-corrected chi connectivity index (χ2v) is 9.14. The molecule has 0 radical (unpaired) electrons.